The molecule has 0 radical (unpaired) electrons. The normalized spacial score (nSPS) is 10.7. The second kappa shape index (κ2) is 8.67. The van der Waals surface area contributed by atoms with Crippen LogP contribution in [0.4, 0.5) is 0 Å². The lowest BCUT2D eigenvalue weighted by molar-refractivity contribution is -0.119. The number of Topliss-reactive ketones (excluding diaryl/α,β-unsaturated/α-hetero) is 1. The van der Waals surface area contributed by atoms with E-state index in [0.717, 1.165) is 16.3 Å². The van der Waals surface area contributed by atoms with Gasteiger partial charge in [0.2, 0.25) is 0 Å². The van der Waals surface area contributed by atoms with E-state index in [1.165, 1.54) is 11.3 Å². The van der Waals surface area contributed by atoms with Gasteiger partial charge in [0.05, 0.1) is 31.9 Å². The second-order valence-corrected chi connectivity index (χ2v) is 5.51. The number of carbonyl (C=O) groups is 1. The number of nitrogens with zero attached hydrogens (tertiary/aromatic N) is 1. The van der Waals surface area contributed by atoms with Crippen molar-refractivity contribution in [3.8, 4) is 11.3 Å². The lowest BCUT2D eigenvalue weighted by Crippen LogP contribution is -2.09. The average molecular weight is 305 g/mol. The zero-order valence-electron chi connectivity index (χ0n) is 12.1. The number of carbonyl (C=O) groups excluding carboxylic acids is 1. The monoisotopic (exact) mass is 305 g/mol. The lowest BCUT2D eigenvalue weighted by atomic mass is 10.2. The Morgan fingerprint density at radius 2 is 2.00 bits per heavy atom. The van der Waals surface area contributed by atoms with Crippen LogP contribution in [0.1, 0.15) is 11.4 Å². The van der Waals surface area contributed by atoms with Gasteiger partial charge in [-0.2, -0.15) is 0 Å². The molecule has 21 heavy (non-hydrogen) atoms. The van der Waals surface area contributed by atoms with Crippen LogP contribution in [0.5, 0.6) is 0 Å². The summed E-state index contributed by atoms with van der Waals surface area (Å²) in [5.74, 6) is 0.154. The van der Waals surface area contributed by atoms with E-state index in [4.69, 9.17) is 9.47 Å². The third-order valence-electron chi connectivity index (χ3n) is 2.93. The number of hydrogen-bond acceptors (Lipinski definition) is 5. The van der Waals surface area contributed by atoms with Crippen LogP contribution in [0.25, 0.3) is 11.3 Å². The van der Waals surface area contributed by atoms with Gasteiger partial charge in [0.15, 0.2) is 0 Å². The van der Waals surface area contributed by atoms with Crippen LogP contribution in [0.2, 0.25) is 0 Å². The van der Waals surface area contributed by atoms with Gasteiger partial charge in [0.1, 0.15) is 10.8 Å². The SMILES string of the molecule is COCCOCCC(=O)Cc1nc(-c2ccccc2)cs1. The minimum absolute atomic E-state index is 0.154. The van der Waals surface area contributed by atoms with Gasteiger partial charge in [-0.1, -0.05) is 30.3 Å². The van der Waals surface area contributed by atoms with Gasteiger partial charge in [-0.25, -0.2) is 4.98 Å². The largest absolute Gasteiger partial charge is 0.382 e. The molecule has 0 aliphatic heterocycles. The van der Waals surface area contributed by atoms with Crippen molar-refractivity contribution in [2.24, 2.45) is 0 Å². The molecule has 0 aliphatic carbocycles. The van der Waals surface area contributed by atoms with Gasteiger partial charge in [-0.15, -0.1) is 11.3 Å². The molecule has 0 unspecified atom stereocenters. The summed E-state index contributed by atoms with van der Waals surface area (Å²) >= 11 is 1.53. The molecule has 0 amide bonds. The summed E-state index contributed by atoms with van der Waals surface area (Å²) in [4.78, 5) is 16.4. The Morgan fingerprint density at radius 1 is 1.19 bits per heavy atom. The molecule has 0 atom stereocenters. The molecular formula is C16H19NO3S. The third kappa shape index (κ3) is 5.38. The van der Waals surface area contributed by atoms with E-state index in [-0.39, 0.29) is 5.78 Å². The first-order chi connectivity index (χ1) is 10.3. The summed E-state index contributed by atoms with van der Waals surface area (Å²) in [5.41, 5.74) is 2.01. The van der Waals surface area contributed by atoms with E-state index in [2.05, 4.69) is 4.98 Å². The van der Waals surface area contributed by atoms with Crippen molar-refractivity contribution in [1.82, 2.24) is 4.98 Å². The van der Waals surface area contributed by atoms with E-state index >= 15 is 0 Å². The smallest absolute Gasteiger partial charge is 0.141 e. The van der Waals surface area contributed by atoms with Crippen molar-refractivity contribution in [2.75, 3.05) is 26.9 Å². The Hall–Kier alpha value is -1.56. The highest BCUT2D eigenvalue weighted by atomic mass is 32.1. The van der Waals surface area contributed by atoms with Gasteiger partial charge in [0.25, 0.3) is 0 Å². The Labute approximate surface area is 128 Å². The summed E-state index contributed by atoms with van der Waals surface area (Å²) in [7, 11) is 1.63. The molecule has 0 aliphatic rings. The molecule has 2 rings (SSSR count). The summed E-state index contributed by atoms with van der Waals surface area (Å²) in [6, 6.07) is 9.98. The Morgan fingerprint density at radius 3 is 2.76 bits per heavy atom. The highest BCUT2D eigenvalue weighted by Crippen LogP contribution is 2.21. The number of aromatic nitrogens is 1. The van der Waals surface area contributed by atoms with Crippen LogP contribution in [0.15, 0.2) is 35.7 Å². The molecule has 1 aromatic carbocycles. The second-order valence-electron chi connectivity index (χ2n) is 4.56. The third-order valence-corrected chi connectivity index (χ3v) is 3.78. The molecule has 1 heterocycles. The van der Waals surface area contributed by atoms with Gasteiger partial charge in [-0.3, -0.25) is 4.79 Å². The number of rotatable bonds is 9. The molecule has 5 heteroatoms. The highest BCUT2D eigenvalue weighted by molar-refractivity contribution is 7.10. The van der Waals surface area contributed by atoms with E-state index < -0.39 is 0 Å². The molecule has 4 nitrogen and oxygen atoms in total. The van der Waals surface area contributed by atoms with Crippen LogP contribution in [-0.2, 0) is 20.7 Å². The minimum Gasteiger partial charge on any atom is -0.382 e. The standard InChI is InChI=1S/C16H19NO3S/c1-19-9-10-20-8-7-14(18)11-16-17-15(12-21-16)13-5-3-2-4-6-13/h2-6,12H,7-11H2,1H3. The first kappa shape index (κ1) is 15.8. The van der Waals surface area contributed by atoms with E-state index in [1.54, 1.807) is 7.11 Å². The van der Waals surface area contributed by atoms with E-state index in [0.29, 0.717) is 32.7 Å². The quantitative estimate of drug-likeness (QED) is 0.668. The van der Waals surface area contributed by atoms with Gasteiger partial charge in [0, 0.05) is 24.5 Å². The molecule has 0 fully saturated rings. The summed E-state index contributed by atoms with van der Waals surface area (Å²) in [6.07, 6.45) is 0.801. The summed E-state index contributed by atoms with van der Waals surface area (Å²) < 4.78 is 10.2. The topological polar surface area (TPSA) is 48.4 Å². The Balaban J connectivity index is 1.78. The number of ether oxygens (including phenoxy) is 2. The Kier molecular flexibility index (Phi) is 6.53. The molecular weight excluding hydrogens is 286 g/mol. The Bertz CT molecular complexity index is 554. The van der Waals surface area contributed by atoms with Crippen LogP contribution in [-0.4, -0.2) is 37.7 Å². The first-order valence-corrected chi connectivity index (χ1v) is 7.76. The predicted molar refractivity (Wildman–Crippen MR) is 83.6 cm³/mol. The van der Waals surface area contributed by atoms with Crippen LogP contribution in [0, 0.1) is 0 Å². The molecule has 0 spiro atoms. The summed E-state index contributed by atoms with van der Waals surface area (Å²) in [5, 5.41) is 2.85. The van der Waals surface area contributed by atoms with Crippen LogP contribution >= 0.6 is 11.3 Å². The highest BCUT2D eigenvalue weighted by Gasteiger charge is 2.09. The van der Waals surface area contributed by atoms with Crippen molar-refractivity contribution in [1.29, 1.82) is 0 Å². The van der Waals surface area contributed by atoms with Crippen molar-refractivity contribution in [3.05, 3.63) is 40.7 Å². The van der Waals surface area contributed by atoms with Gasteiger partial charge >= 0.3 is 0 Å². The van der Waals surface area contributed by atoms with E-state index in [1.807, 2.05) is 35.7 Å². The zero-order valence-corrected chi connectivity index (χ0v) is 12.9. The fraction of sp³-hybridized carbons (Fsp3) is 0.375. The predicted octanol–water partition coefficient (Wildman–Crippen LogP) is 2.97. The zero-order chi connectivity index (χ0) is 14.9. The van der Waals surface area contributed by atoms with Crippen molar-refractivity contribution >= 4 is 17.1 Å². The van der Waals surface area contributed by atoms with Crippen LogP contribution < -0.4 is 0 Å². The molecule has 112 valence electrons. The van der Waals surface area contributed by atoms with Gasteiger partial charge in [-0.05, 0) is 0 Å². The number of ketones is 1. The maximum Gasteiger partial charge on any atom is 0.141 e. The van der Waals surface area contributed by atoms with E-state index in [9.17, 15) is 4.79 Å². The lowest BCUT2D eigenvalue weighted by Gasteiger charge is -2.02. The fourth-order valence-electron chi connectivity index (χ4n) is 1.82. The molecule has 2 aromatic rings. The van der Waals surface area contributed by atoms with Crippen molar-refractivity contribution < 1.29 is 14.3 Å². The van der Waals surface area contributed by atoms with Crippen molar-refractivity contribution in [2.45, 2.75) is 12.8 Å². The minimum atomic E-state index is 0.154. The molecule has 0 saturated carbocycles. The fourth-order valence-corrected chi connectivity index (χ4v) is 2.65. The number of hydrogen-bond donors (Lipinski definition) is 0. The molecule has 0 N–H and O–H groups in total. The molecule has 0 saturated heterocycles. The number of methoxy groups -OCH3 is 1. The molecule has 1 aromatic heterocycles. The van der Waals surface area contributed by atoms with Gasteiger partial charge < -0.3 is 9.47 Å². The number of benzene rings is 1. The van der Waals surface area contributed by atoms with Crippen molar-refractivity contribution in [3.63, 3.8) is 0 Å². The first-order valence-electron chi connectivity index (χ1n) is 6.88. The van der Waals surface area contributed by atoms with Crippen LogP contribution in [0.3, 0.4) is 0 Å². The summed E-state index contributed by atoms with van der Waals surface area (Å²) in [6.45, 7) is 1.53. The molecule has 0 bridgehead atoms. The maximum absolute atomic E-state index is 11.8. The number of thiazole rings is 1. The average Bonchev–Trinajstić information content (AvgIpc) is 2.96. The maximum atomic E-state index is 11.8.